The third kappa shape index (κ3) is 7.64. The maximum Gasteiger partial charge on any atom is 0.328 e. The Kier molecular flexibility index (Phi) is 10.5. The summed E-state index contributed by atoms with van der Waals surface area (Å²) < 4.78 is 11.4. The molecule has 0 spiro atoms. The fourth-order valence-corrected chi connectivity index (χ4v) is 5.68. The van der Waals surface area contributed by atoms with Crippen molar-refractivity contribution >= 4 is 51.9 Å². The van der Waals surface area contributed by atoms with Gasteiger partial charge < -0.3 is 25.2 Å². The molecule has 1 aliphatic carbocycles. The van der Waals surface area contributed by atoms with Crippen molar-refractivity contribution in [2.24, 2.45) is 0 Å². The molecule has 0 bridgehead atoms. The van der Waals surface area contributed by atoms with Gasteiger partial charge in [-0.05, 0) is 49.5 Å². The van der Waals surface area contributed by atoms with Gasteiger partial charge in [0.2, 0.25) is 5.95 Å². The van der Waals surface area contributed by atoms with Crippen LogP contribution in [0.5, 0.6) is 11.5 Å². The molecule has 2 aromatic carbocycles. The van der Waals surface area contributed by atoms with Crippen LogP contribution >= 0.6 is 23.2 Å². The number of methoxy groups -OCH3 is 1. The second-order valence-corrected chi connectivity index (χ2v) is 10.8. The molecule has 11 heteroatoms. The summed E-state index contributed by atoms with van der Waals surface area (Å²) in [6, 6.07) is 6.95. The van der Waals surface area contributed by atoms with Gasteiger partial charge in [0.05, 0.1) is 22.7 Å². The summed E-state index contributed by atoms with van der Waals surface area (Å²) in [5, 5.41) is 16.6. The number of terminal acetylenes is 1. The van der Waals surface area contributed by atoms with E-state index in [2.05, 4.69) is 21.5 Å². The lowest BCUT2D eigenvalue weighted by molar-refractivity contribution is -0.131. The minimum Gasteiger partial charge on any atom is -0.495 e. The Labute approximate surface area is 254 Å². The molecule has 1 saturated carbocycles. The van der Waals surface area contributed by atoms with Crippen molar-refractivity contribution in [2.45, 2.75) is 63.6 Å². The molecule has 1 fully saturated rings. The number of nitrogens with zero attached hydrogens (tertiary/aromatic N) is 2. The standard InChI is InChI=1S/C31H32Cl2N4O5/c1-4-26(38)35-22-9-7-5-6-8-10-23(22)37-31-34-17-20-15-19(12-13-21(20)36-31)28-29(32)24(41-3)16-25(30(28)33)42-18(2)11-14-27(39)40/h1,11-18,22-23H,5-10H2,2-3H3,(H,35,38)(H,39,40)(H,34,36,37)/b14-11+/t18-,22?,23?/m1/s1. The molecule has 42 heavy (non-hydrogen) atoms. The van der Waals surface area contributed by atoms with Crippen LogP contribution in [0.1, 0.15) is 45.4 Å². The van der Waals surface area contributed by atoms with Gasteiger partial charge in [0.25, 0.3) is 5.91 Å². The average molecular weight is 612 g/mol. The number of hydrogen-bond acceptors (Lipinski definition) is 7. The summed E-state index contributed by atoms with van der Waals surface area (Å²) in [5.74, 6) is 1.74. The van der Waals surface area contributed by atoms with Gasteiger partial charge in [-0.25, -0.2) is 14.8 Å². The summed E-state index contributed by atoms with van der Waals surface area (Å²) >= 11 is 13.5. The van der Waals surface area contributed by atoms with Gasteiger partial charge in [-0.3, -0.25) is 4.79 Å². The monoisotopic (exact) mass is 610 g/mol. The van der Waals surface area contributed by atoms with E-state index in [1.54, 1.807) is 19.2 Å². The number of benzene rings is 2. The average Bonchev–Trinajstić information content (AvgIpc) is 2.96. The van der Waals surface area contributed by atoms with E-state index in [-0.39, 0.29) is 22.9 Å². The van der Waals surface area contributed by atoms with Crippen molar-refractivity contribution in [2.75, 3.05) is 12.4 Å². The predicted octanol–water partition coefficient (Wildman–Crippen LogP) is 6.27. The number of carbonyl (C=O) groups excluding carboxylic acids is 1. The van der Waals surface area contributed by atoms with E-state index in [1.807, 2.05) is 18.2 Å². The number of carbonyl (C=O) groups is 2. The second-order valence-electron chi connectivity index (χ2n) is 10.0. The molecule has 3 aromatic rings. The van der Waals surface area contributed by atoms with Gasteiger partial charge in [0.1, 0.15) is 17.6 Å². The van der Waals surface area contributed by atoms with Crippen molar-refractivity contribution in [3.05, 3.63) is 52.7 Å². The smallest absolute Gasteiger partial charge is 0.328 e. The number of ether oxygens (including phenoxy) is 2. The number of anilines is 1. The molecule has 4 rings (SSSR count). The highest BCUT2D eigenvalue weighted by Crippen LogP contribution is 2.46. The zero-order chi connectivity index (χ0) is 30.2. The van der Waals surface area contributed by atoms with Crippen LogP contribution in [0.4, 0.5) is 5.95 Å². The molecule has 3 atom stereocenters. The topological polar surface area (TPSA) is 123 Å². The Morgan fingerprint density at radius 2 is 1.83 bits per heavy atom. The minimum atomic E-state index is -1.08. The second kappa shape index (κ2) is 14.3. The van der Waals surface area contributed by atoms with Crippen LogP contribution in [-0.2, 0) is 9.59 Å². The van der Waals surface area contributed by atoms with Gasteiger partial charge in [-0.1, -0.05) is 55.0 Å². The molecule has 2 unspecified atom stereocenters. The molecule has 0 aliphatic heterocycles. The largest absolute Gasteiger partial charge is 0.495 e. The van der Waals surface area contributed by atoms with Crippen molar-refractivity contribution < 1.29 is 24.2 Å². The van der Waals surface area contributed by atoms with E-state index < -0.39 is 18.0 Å². The summed E-state index contributed by atoms with van der Waals surface area (Å²) in [7, 11) is 1.48. The molecule has 0 radical (unpaired) electrons. The fourth-order valence-electron chi connectivity index (χ4n) is 5.00. The number of nitrogens with one attached hydrogen (secondary N) is 2. The van der Waals surface area contributed by atoms with Crippen molar-refractivity contribution in [1.82, 2.24) is 15.3 Å². The van der Waals surface area contributed by atoms with Crippen molar-refractivity contribution in [3.63, 3.8) is 0 Å². The molecule has 1 aromatic heterocycles. The number of rotatable bonds is 9. The first kappa shape index (κ1) is 30.9. The normalized spacial score (nSPS) is 18.0. The van der Waals surface area contributed by atoms with E-state index in [4.69, 9.17) is 49.2 Å². The molecule has 1 amide bonds. The quantitative estimate of drug-likeness (QED) is 0.191. The maximum absolute atomic E-state index is 12.0. The first-order valence-corrected chi connectivity index (χ1v) is 14.4. The third-order valence-electron chi connectivity index (χ3n) is 7.07. The Bertz CT molecular complexity index is 1540. The number of amides is 1. The number of halogens is 2. The summed E-state index contributed by atoms with van der Waals surface area (Å²) in [6.45, 7) is 1.69. The summed E-state index contributed by atoms with van der Waals surface area (Å²) in [4.78, 5) is 32.1. The highest BCUT2D eigenvalue weighted by atomic mass is 35.5. The zero-order valence-corrected chi connectivity index (χ0v) is 24.8. The van der Waals surface area contributed by atoms with Crippen molar-refractivity contribution in [3.8, 4) is 35.0 Å². The van der Waals surface area contributed by atoms with Gasteiger partial charge in [-0.15, -0.1) is 6.42 Å². The number of aromatic nitrogens is 2. The molecule has 9 nitrogen and oxygen atoms in total. The van der Waals surface area contributed by atoms with Crippen LogP contribution in [0.3, 0.4) is 0 Å². The number of hydrogen-bond donors (Lipinski definition) is 3. The van der Waals surface area contributed by atoms with Crippen LogP contribution in [-0.4, -0.2) is 52.2 Å². The van der Waals surface area contributed by atoms with Gasteiger partial charge >= 0.3 is 5.97 Å². The molecule has 1 aliphatic rings. The van der Waals surface area contributed by atoms with Crippen LogP contribution in [0, 0.1) is 12.3 Å². The summed E-state index contributed by atoms with van der Waals surface area (Å²) in [5.41, 5.74) is 1.88. The molecular formula is C31H32Cl2N4O5. The van der Waals surface area contributed by atoms with E-state index in [0.717, 1.165) is 50.0 Å². The minimum absolute atomic E-state index is 0.0557. The predicted molar refractivity (Wildman–Crippen MR) is 164 cm³/mol. The highest BCUT2D eigenvalue weighted by Gasteiger charge is 2.25. The van der Waals surface area contributed by atoms with Gasteiger partial charge in [0, 0.05) is 41.4 Å². The molecule has 0 saturated heterocycles. The Morgan fingerprint density at radius 3 is 2.52 bits per heavy atom. The van der Waals surface area contributed by atoms with E-state index in [9.17, 15) is 9.59 Å². The Hall–Kier alpha value is -4.00. The lowest BCUT2D eigenvalue weighted by Gasteiger charge is -2.30. The Morgan fingerprint density at radius 1 is 1.12 bits per heavy atom. The van der Waals surface area contributed by atoms with Crippen LogP contribution < -0.4 is 20.1 Å². The van der Waals surface area contributed by atoms with Gasteiger partial charge in [-0.2, -0.15) is 0 Å². The molecule has 1 heterocycles. The number of fused-ring (bicyclic) bond motifs is 1. The number of aliphatic carboxylic acids is 1. The van der Waals surface area contributed by atoms with Crippen LogP contribution in [0.2, 0.25) is 10.0 Å². The van der Waals surface area contributed by atoms with E-state index in [1.165, 1.54) is 13.2 Å². The highest BCUT2D eigenvalue weighted by molar-refractivity contribution is 6.41. The maximum atomic E-state index is 12.0. The first-order valence-electron chi connectivity index (χ1n) is 13.6. The fraction of sp³-hybridized carbons (Fsp3) is 0.355. The molecule has 220 valence electrons. The van der Waals surface area contributed by atoms with Gasteiger partial charge in [0.15, 0.2) is 0 Å². The van der Waals surface area contributed by atoms with E-state index >= 15 is 0 Å². The van der Waals surface area contributed by atoms with Crippen LogP contribution in [0.25, 0.3) is 22.0 Å². The Balaban J connectivity index is 1.63. The zero-order valence-electron chi connectivity index (χ0n) is 23.3. The lowest BCUT2D eigenvalue weighted by Crippen LogP contribution is -2.47. The van der Waals surface area contributed by atoms with Crippen molar-refractivity contribution in [1.29, 1.82) is 0 Å². The summed E-state index contributed by atoms with van der Waals surface area (Å²) in [6.07, 6.45) is 14.8. The molecular weight excluding hydrogens is 579 g/mol. The molecule has 3 N–H and O–H groups in total. The SMILES string of the molecule is C#CC(=O)NC1CCCCCCC1Nc1ncc2cc(-c3c(Cl)c(OC)cc(O[C@H](C)/C=C/C(=O)O)c3Cl)ccc2n1. The van der Waals surface area contributed by atoms with E-state index in [0.29, 0.717) is 33.4 Å². The van der Waals surface area contributed by atoms with Crippen LogP contribution in [0.15, 0.2) is 42.6 Å². The third-order valence-corrected chi connectivity index (χ3v) is 7.82. The lowest BCUT2D eigenvalue weighted by atomic mass is 9.92. The first-order chi connectivity index (χ1) is 20.2. The number of carboxylic acids is 1. The number of carboxylic acid groups (broad SMARTS) is 1.